The molecule has 32 heavy (non-hydrogen) atoms. The minimum absolute atomic E-state index is 0.215. The van der Waals surface area contributed by atoms with Crippen LogP contribution in [0.25, 0.3) is 0 Å². The number of nitrogens with zero attached hydrogens (tertiary/aromatic N) is 2. The van der Waals surface area contributed by atoms with E-state index in [9.17, 15) is 9.59 Å². The molecule has 1 amide bonds. The Morgan fingerprint density at radius 2 is 1.72 bits per heavy atom. The first-order valence-electron chi connectivity index (χ1n) is 10.6. The third-order valence-corrected chi connectivity index (χ3v) is 5.45. The molecule has 3 rings (SSSR count). The van der Waals surface area contributed by atoms with Crippen molar-refractivity contribution in [2.75, 3.05) is 54.1 Å². The molecular weight excluding hydrogens is 410 g/mol. The number of hydrogen-bond acceptors (Lipinski definition) is 7. The minimum atomic E-state index is -0.497. The summed E-state index contributed by atoms with van der Waals surface area (Å²) in [4.78, 5) is 28.7. The number of nitrogens with one attached hydrogen (secondary N) is 1. The van der Waals surface area contributed by atoms with Gasteiger partial charge in [0.05, 0.1) is 14.2 Å². The van der Waals surface area contributed by atoms with Gasteiger partial charge in [-0.15, -0.1) is 0 Å². The number of ether oxygens (including phenoxy) is 3. The van der Waals surface area contributed by atoms with Crippen LogP contribution in [0.4, 0.5) is 0 Å². The van der Waals surface area contributed by atoms with Gasteiger partial charge in [-0.3, -0.25) is 9.69 Å². The second kappa shape index (κ2) is 11.5. The molecule has 0 atom stereocenters. The minimum Gasteiger partial charge on any atom is -0.493 e. The summed E-state index contributed by atoms with van der Waals surface area (Å²) in [7, 11) is 4.92. The second-order valence-electron chi connectivity index (χ2n) is 7.81. The van der Waals surface area contributed by atoms with Crippen molar-refractivity contribution in [3.05, 3.63) is 59.2 Å². The summed E-state index contributed by atoms with van der Waals surface area (Å²) in [5, 5.41) is 2.95. The van der Waals surface area contributed by atoms with E-state index in [1.165, 1.54) is 19.8 Å². The van der Waals surface area contributed by atoms with Crippen LogP contribution in [0.1, 0.15) is 21.5 Å². The Kier molecular flexibility index (Phi) is 8.47. The summed E-state index contributed by atoms with van der Waals surface area (Å²) in [6.45, 7) is 5.43. The third kappa shape index (κ3) is 6.70. The van der Waals surface area contributed by atoms with Crippen molar-refractivity contribution in [2.24, 2.45) is 0 Å². The first-order chi connectivity index (χ1) is 15.5. The summed E-state index contributed by atoms with van der Waals surface area (Å²) < 4.78 is 15.2. The van der Waals surface area contributed by atoms with Crippen molar-refractivity contribution in [1.29, 1.82) is 0 Å². The molecule has 8 nitrogen and oxygen atoms in total. The maximum absolute atomic E-state index is 12.6. The van der Waals surface area contributed by atoms with Crippen LogP contribution in [0.15, 0.2) is 42.5 Å². The van der Waals surface area contributed by atoms with E-state index < -0.39 is 5.97 Å². The molecule has 1 aliphatic heterocycles. The Hall–Kier alpha value is -3.10. The summed E-state index contributed by atoms with van der Waals surface area (Å²) in [5.74, 6) is 0.0257. The van der Waals surface area contributed by atoms with Gasteiger partial charge in [0.15, 0.2) is 18.1 Å². The summed E-state index contributed by atoms with van der Waals surface area (Å²) in [5.41, 5.74) is 2.74. The number of piperazine rings is 1. The highest BCUT2D eigenvalue weighted by atomic mass is 16.6. The van der Waals surface area contributed by atoms with Crippen molar-refractivity contribution in [1.82, 2.24) is 15.1 Å². The van der Waals surface area contributed by atoms with Gasteiger partial charge in [-0.1, -0.05) is 24.3 Å². The number of carbonyl (C=O) groups is 2. The standard InChI is InChI=1S/C24H31N3O5/c1-26-9-11-27(12-10-26)16-19-6-4-5-18(13-19)15-25-24(29)20-7-8-21(22(14-20)30-2)32-17-23(28)31-3/h4-8,13-14H,9-12,15-17H2,1-3H3,(H,25,29). The van der Waals surface area contributed by atoms with Crippen LogP contribution in [-0.4, -0.2) is 75.7 Å². The Morgan fingerprint density at radius 3 is 2.44 bits per heavy atom. The second-order valence-corrected chi connectivity index (χ2v) is 7.81. The number of esters is 1. The molecule has 0 radical (unpaired) electrons. The Morgan fingerprint density at radius 1 is 0.969 bits per heavy atom. The van der Waals surface area contributed by atoms with Crippen molar-refractivity contribution in [3.8, 4) is 11.5 Å². The van der Waals surface area contributed by atoms with E-state index in [4.69, 9.17) is 9.47 Å². The van der Waals surface area contributed by atoms with Crippen LogP contribution in [0.3, 0.4) is 0 Å². The number of hydrogen-bond donors (Lipinski definition) is 1. The van der Waals surface area contributed by atoms with E-state index in [0.717, 1.165) is 38.3 Å². The van der Waals surface area contributed by atoms with Crippen molar-refractivity contribution < 1.29 is 23.8 Å². The SMILES string of the molecule is COC(=O)COc1ccc(C(=O)NCc2cccc(CN3CCN(C)CC3)c2)cc1OC. The zero-order valence-electron chi connectivity index (χ0n) is 18.9. The molecular formula is C24H31N3O5. The molecule has 1 fully saturated rings. The smallest absolute Gasteiger partial charge is 0.343 e. The first kappa shape index (κ1) is 23.6. The van der Waals surface area contributed by atoms with Crippen LogP contribution >= 0.6 is 0 Å². The Bertz CT molecular complexity index is 926. The highest BCUT2D eigenvalue weighted by Crippen LogP contribution is 2.28. The number of amides is 1. The quantitative estimate of drug-likeness (QED) is 0.596. The van der Waals surface area contributed by atoms with Crippen molar-refractivity contribution >= 4 is 11.9 Å². The van der Waals surface area contributed by atoms with Crippen LogP contribution in [0.2, 0.25) is 0 Å². The predicted molar refractivity (Wildman–Crippen MR) is 121 cm³/mol. The molecule has 0 saturated carbocycles. The fraction of sp³-hybridized carbons (Fsp3) is 0.417. The lowest BCUT2D eigenvalue weighted by Crippen LogP contribution is -2.43. The molecule has 0 unspecified atom stereocenters. The highest BCUT2D eigenvalue weighted by molar-refractivity contribution is 5.94. The zero-order valence-corrected chi connectivity index (χ0v) is 18.9. The predicted octanol–water partition coefficient (Wildman–Crippen LogP) is 1.92. The molecule has 0 aliphatic carbocycles. The van der Waals surface area contributed by atoms with E-state index in [1.807, 2.05) is 12.1 Å². The number of rotatable bonds is 9. The van der Waals surface area contributed by atoms with Gasteiger partial charge in [-0.05, 0) is 36.4 Å². The molecule has 1 N–H and O–H groups in total. The Balaban J connectivity index is 1.56. The van der Waals surface area contributed by atoms with Gasteiger partial charge in [-0.2, -0.15) is 0 Å². The monoisotopic (exact) mass is 441 g/mol. The average molecular weight is 442 g/mol. The summed E-state index contributed by atoms with van der Waals surface area (Å²) >= 11 is 0. The van der Waals surface area contributed by atoms with Crippen LogP contribution in [0.5, 0.6) is 11.5 Å². The fourth-order valence-corrected chi connectivity index (χ4v) is 3.51. The number of benzene rings is 2. The van der Waals surface area contributed by atoms with E-state index in [1.54, 1.807) is 18.2 Å². The van der Waals surface area contributed by atoms with Crippen LogP contribution < -0.4 is 14.8 Å². The number of carbonyl (C=O) groups excluding carboxylic acids is 2. The van der Waals surface area contributed by atoms with Gasteiger partial charge in [0.25, 0.3) is 5.91 Å². The average Bonchev–Trinajstić information content (AvgIpc) is 2.82. The van der Waals surface area contributed by atoms with Crippen LogP contribution in [-0.2, 0) is 22.6 Å². The van der Waals surface area contributed by atoms with Gasteiger partial charge in [0.2, 0.25) is 0 Å². The summed E-state index contributed by atoms with van der Waals surface area (Å²) in [6, 6.07) is 13.1. The lowest BCUT2D eigenvalue weighted by atomic mass is 10.1. The first-order valence-corrected chi connectivity index (χ1v) is 10.6. The largest absolute Gasteiger partial charge is 0.493 e. The Labute approximate surface area is 189 Å². The molecule has 2 aromatic carbocycles. The molecule has 8 heteroatoms. The van der Waals surface area contributed by atoms with Gasteiger partial charge in [0.1, 0.15) is 0 Å². The van der Waals surface area contributed by atoms with Crippen LogP contribution in [0, 0.1) is 0 Å². The zero-order chi connectivity index (χ0) is 22.9. The van der Waals surface area contributed by atoms with E-state index >= 15 is 0 Å². The molecule has 2 aromatic rings. The van der Waals surface area contributed by atoms with E-state index in [2.05, 4.69) is 39.0 Å². The highest BCUT2D eigenvalue weighted by Gasteiger charge is 2.15. The van der Waals surface area contributed by atoms with Crippen molar-refractivity contribution in [3.63, 3.8) is 0 Å². The van der Waals surface area contributed by atoms with Crippen molar-refractivity contribution in [2.45, 2.75) is 13.1 Å². The normalized spacial score (nSPS) is 14.6. The molecule has 172 valence electrons. The van der Waals surface area contributed by atoms with Gasteiger partial charge in [0, 0.05) is 44.8 Å². The maximum Gasteiger partial charge on any atom is 0.343 e. The third-order valence-electron chi connectivity index (χ3n) is 5.45. The van der Waals surface area contributed by atoms with E-state index in [0.29, 0.717) is 23.6 Å². The molecule has 1 heterocycles. The molecule has 0 spiro atoms. The van der Waals surface area contributed by atoms with Gasteiger partial charge >= 0.3 is 5.97 Å². The number of likely N-dealkylation sites (N-methyl/N-ethyl adjacent to an activating group) is 1. The molecule has 1 saturated heterocycles. The molecule has 1 aliphatic rings. The summed E-state index contributed by atoms with van der Waals surface area (Å²) in [6.07, 6.45) is 0. The lowest BCUT2D eigenvalue weighted by molar-refractivity contribution is -0.142. The molecule has 0 aromatic heterocycles. The molecule has 0 bridgehead atoms. The van der Waals surface area contributed by atoms with E-state index in [-0.39, 0.29) is 12.5 Å². The topological polar surface area (TPSA) is 80.3 Å². The maximum atomic E-state index is 12.6. The number of methoxy groups -OCH3 is 2. The van der Waals surface area contributed by atoms with Gasteiger partial charge < -0.3 is 24.4 Å². The van der Waals surface area contributed by atoms with Gasteiger partial charge in [-0.25, -0.2) is 4.79 Å². The fourth-order valence-electron chi connectivity index (χ4n) is 3.51. The lowest BCUT2D eigenvalue weighted by Gasteiger charge is -2.32.